The number of amides is 3. The van der Waals surface area contributed by atoms with Crippen LogP contribution in [0.2, 0.25) is 0 Å². The first kappa shape index (κ1) is 20.6. The summed E-state index contributed by atoms with van der Waals surface area (Å²) in [5.41, 5.74) is 0.900. The van der Waals surface area contributed by atoms with Crippen molar-refractivity contribution in [3.8, 4) is 11.5 Å². The van der Waals surface area contributed by atoms with Crippen LogP contribution in [0.4, 0.5) is 9.18 Å². The van der Waals surface area contributed by atoms with Gasteiger partial charge in [-0.1, -0.05) is 31.4 Å². The summed E-state index contributed by atoms with van der Waals surface area (Å²) in [5.74, 6) is 0.595. The minimum Gasteiger partial charge on any atom is -0.457 e. The van der Waals surface area contributed by atoms with Crippen LogP contribution in [0.1, 0.15) is 37.7 Å². The predicted molar refractivity (Wildman–Crippen MR) is 108 cm³/mol. The van der Waals surface area contributed by atoms with Crippen molar-refractivity contribution in [3.05, 3.63) is 59.9 Å². The third-order valence-corrected chi connectivity index (χ3v) is 4.81. The quantitative estimate of drug-likeness (QED) is 0.661. The lowest BCUT2D eigenvalue weighted by Crippen LogP contribution is -2.46. The molecule has 1 aliphatic rings. The molecule has 1 fully saturated rings. The Morgan fingerprint density at radius 1 is 0.897 bits per heavy atom. The molecule has 154 valence electrons. The molecule has 2 aromatic carbocycles. The molecule has 0 bridgehead atoms. The summed E-state index contributed by atoms with van der Waals surface area (Å²) in [6, 6.07) is 12.9. The van der Waals surface area contributed by atoms with Gasteiger partial charge in [0.15, 0.2) is 0 Å². The standard InChI is InChI=1S/C22H26FN3O3/c23-17-8-12-20(13-9-17)29-19-10-6-16(7-11-19)14-24-21(27)15-25-22(28)26-18-4-2-1-3-5-18/h6-13,18H,1-5,14-15H2,(H,24,27)(H2,25,26,28). The second kappa shape index (κ2) is 10.5. The van der Waals surface area contributed by atoms with E-state index in [9.17, 15) is 14.0 Å². The molecule has 1 aliphatic carbocycles. The number of benzene rings is 2. The van der Waals surface area contributed by atoms with Crippen molar-refractivity contribution in [2.45, 2.75) is 44.7 Å². The molecule has 3 rings (SSSR count). The molecule has 0 spiro atoms. The van der Waals surface area contributed by atoms with Gasteiger partial charge < -0.3 is 20.7 Å². The molecule has 3 amide bonds. The minimum absolute atomic E-state index is 0.0652. The normalized spacial score (nSPS) is 14.1. The van der Waals surface area contributed by atoms with Gasteiger partial charge in [-0.3, -0.25) is 4.79 Å². The SMILES string of the molecule is O=C(CNC(=O)NC1CCCCC1)NCc1ccc(Oc2ccc(F)cc2)cc1. The summed E-state index contributed by atoms with van der Waals surface area (Å²) in [7, 11) is 0. The van der Waals surface area contributed by atoms with Gasteiger partial charge in [0.25, 0.3) is 0 Å². The Labute approximate surface area is 169 Å². The third kappa shape index (κ3) is 7.10. The van der Waals surface area contributed by atoms with E-state index in [1.54, 1.807) is 24.3 Å². The van der Waals surface area contributed by atoms with Crippen molar-refractivity contribution in [2.24, 2.45) is 0 Å². The van der Waals surface area contributed by atoms with Gasteiger partial charge in [0, 0.05) is 12.6 Å². The van der Waals surface area contributed by atoms with Gasteiger partial charge in [-0.05, 0) is 54.8 Å². The maximum absolute atomic E-state index is 12.9. The van der Waals surface area contributed by atoms with Crippen molar-refractivity contribution in [3.63, 3.8) is 0 Å². The molecule has 2 aromatic rings. The summed E-state index contributed by atoms with van der Waals surface area (Å²) in [4.78, 5) is 23.8. The van der Waals surface area contributed by atoms with Gasteiger partial charge in [-0.25, -0.2) is 9.18 Å². The second-order valence-electron chi connectivity index (χ2n) is 7.14. The zero-order valence-electron chi connectivity index (χ0n) is 16.2. The van der Waals surface area contributed by atoms with Crippen LogP contribution >= 0.6 is 0 Å². The van der Waals surface area contributed by atoms with E-state index in [-0.39, 0.29) is 30.3 Å². The van der Waals surface area contributed by atoms with Gasteiger partial charge in [-0.2, -0.15) is 0 Å². The van der Waals surface area contributed by atoms with E-state index in [0.29, 0.717) is 18.0 Å². The fourth-order valence-electron chi connectivity index (χ4n) is 3.22. The molecular formula is C22H26FN3O3. The number of ether oxygens (including phenoxy) is 1. The van der Waals surface area contributed by atoms with Crippen LogP contribution in [0.5, 0.6) is 11.5 Å². The first-order valence-corrected chi connectivity index (χ1v) is 9.92. The zero-order chi connectivity index (χ0) is 20.5. The number of nitrogens with one attached hydrogen (secondary N) is 3. The van der Waals surface area contributed by atoms with E-state index in [4.69, 9.17) is 4.74 Å². The number of hydrogen-bond donors (Lipinski definition) is 3. The van der Waals surface area contributed by atoms with E-state index < -0.39 is 0 Å². The number of urea groups is 1. The molecule has 29 heavy (non-hydrogen) atoms. The maximum Gasteiger partial charge on any atom is 0.315 e. The van der Waals surface area contributed by atoms with Gasteiger partial charge in [0.2, 0.25) is 5.91 Å². The van der Waals surface area contributed by atoms with Crippen molar-refractivity contribution in [2.75, 3.05) is 6.54 Å². The van der Waals surface area contributed by atoms with Gasteiger partial charge in [0.1, 0.15) is 17.3 Å². The summed E-state index contributed by atoms with van der Waals surface area (Å²) in [5, 5.41) is 8.28. The largest absolute Gasteiger partial charge is 0.457 e. The molecule has 0 radical (unpaired) electrons. The second-order valence-corrected chi connectivity index (χ2v) is 7.14. The van der Waals surface area contributed by atoms with Crippen LogP contribution in [0.3, 0.4) is 0 Å². The number of carbonyl (C=O) groups excluding carboxylic acids is 2. The fraction of sp³-hybridized carbons (Fsp3) is 0.364. The number of hydrogen-bond acceptors (Lipinski definition) is 3. The van der Waals surface area contributed by atoms with Gasteiger partial charge >= 0.3 is 6.03 Å². The zero-order valence-corrected chi connectivity index (χ0v) is 16.2. The molecular weight excluding hydrogens is 373 g/mol. The fourth-order valence-corrected chi connectivity index (χ4v) is 3.22. The topological polar surface area (TPSA) is 79.5 Å². The Kier molecular flexibility index (Phi) is 7.44. The highest BCUT2D eigenvalue weighted by Gasteiger charge is 2.15. The number of rotatable bonds is 7. The van der Waals surface area contributed by atoms with Crippen molar-refractivity contribution in [1.29, 1.82) is 0 Å². The number of carbonyl (C=O) groups is 2. The van der Waals surface area contributed by atoms with Crippen molar-refractivity contribution in [1.82, 2.24) is 16.0 Å². The van der Waals surface area contributed by atoms with Crippen LogP contribution in [0.15, 0.2) is 48.5 Å². The highest BCUT2D eigenvalue weighted by atomic mass is 19.1. The van der Waals surface area contributed by atoms with E-state index in [1.165, 1.54) is 18.6 Å². The average molecular weight is 399 g/mol. The highest BCUT2D eigenvalue weighted by Crippen LogP contribution is 2.21. The summed E-state index contributed by atoms with van der Waals surface area (Å²) in [6.45, 7) is 0.284. The van der Waals surface area contributed by atoms with Crippen LogP contribution in [0, 0.1) is 5.82 Å². The van der Waals surface area contributed by atoms with Gasteiger partial charge in [0.05, 0.1) is 6.54 Å². The lowest BCUT2D eigenvalue weighted by Gasteiger charge is -2.22. The Hall–Kier alpha value is -3.09. The molecule has 6 nitrogen and oxygen atoms in total. The van der Waals surface area contributed by atoms with E-state index in [0.717, 1.165) is 31.2 Å². The van der Waals surface area contributed by atoms with Crippen LogP contribution < -0.4 is 20.7 Å². The smallest absolute Gasteiger partial charge is 0.315 e. The first-order chi connectivity index (χ1) is 14.1. The van der Waals surface area contributed by atoms with Gasteiger partial charge in [-0.15, -0.1) is 0 Å². The van der Waals surface area contributed by atoms with E-state index in [2.05, 4.69) is 16.0 Å². The molecule has 0 atom stereocenters. The molecule has 0 aliphatic heterocycles. The molecule has 0 unspecified atom stereocenters. The van der Waals surface area contributed by atoms with Crippen LogP contribution in [0.25, 0.3) is 0 Å². The lowest BCUT2D eigenvalue weighted by atomic mass is 9.96. The lowest BCUT2D eigenvalue weighted by molar-refractivity contribution is -0.120. The summed E-state index contributed by atoms with van der Waals surface area (Å²) in [6.07, 6.45) is 5.50. The predicted octanol–water partition coefficient (Wildman–Crippen LogP) is 3.87. The first-order valence-electron chi connectivity index (χ1n) is 9.92. The molecule has 0 heterocycles. The molecule has 1 saturated carbocycles. The minimum atomic E-state index is -0.315. The Bertz CT molecular complexity index is 803. The maximum atomic E-state index is 12.9. The Morgan fingerprint density at radius 2 is 1.52 bits per heavy atom. The summed E-state index contributed by atoms with van der Waals surface area (Å²) >= 11 is 0. The van der Waals surface area contributed by atoms with Crippen LogP contribution in [-0.2, 0) is 11.3 Å². The molecule has 0 aromatic heterocycles. The van der Waals surface area contributed by atoms with Crippen LogP contribution in [-0.4, -0.2) is 24.5 Å². The molecule has 7 heteroatoms. The average Bonchev–Trinajstić information content (AvgIpc) is 2.74. The van der Waals surface area contributed by atoms with Crippen molar-refractivity contribution < 1.29 is 18.7 Å². The molecule has 3 N–H and O–H groups in total. The third-order valence-electron chi connectivity index (χ3n) is 4.81. The number of halogens is 1. The Morgan fingerprint density at radius 3 is 2.17 bits per heavy atom. The monoisotopic (exact) mass is 399 g/mol. The van der Waals surface area contributed by atoms with E-state index in [1.807, 2.05) is 12.1 Å². The molecule has 0 saturated heterocycles. The highest BCUT2D eigenvalue weighted by molar-refractivity contribution is 5.83. The van der Waals surface area contributed by atoms with E-state index >= 15 is 0 Å². The van der Waals surface area contributed by atoms with Crippen molar-refractivity contribution >= 4 is 11.9 Å². The summed E-state index contributed by atoms with van der Waals surface area (Å²) < 4.78 is 18.5. The Balaban J connectivity index is 1.36.